The van der Waals surface area contributed by atoms with Crippen molar-refractivity contribution in [1.29, 1.82) is 0 Å². The summed E-state index contributed by atoms with van der Waals surface area (Å²) in [6, 6.07) is 0. The van der Waals surface area contributed by atoms with Crippen molar-refractivity contribution in [2.45, 2.75) is 119 Å². The average Bonchev–Trinajstić information content (AvgIpc) is 3.05. The maximum Gasteiger partial charge on any atom is 0.0577 e. The standard InChI is InChI=1S/C30H50O/c1-8-21(28(3,4)5)10-9-20(2)25-13-14-26-24-12-11-22-19-23(31)15-17-29(22,6)27(24)16-18-30(25,26)7/h8,11,20,23-27,31H,9-10,12-19H2,1-7H3/b21-8+/t20-,23+,24+,25-,26+,27+,29+,30-/m1/s1. The van der Waals surface area contributed by atoms with Crippen molar-refractivity contribution in [1.82, 2.24) is 0 Å². The number of fused-ring (bicyclic) bond motifs is 5. The third-order valence-corrected chi connectivity index (χ3v) is 11.0. The van der Waals surface area contributed by atoms with Crippen molar-refractivity contribution in [3.05, 3.63) is 23.3 Å². The predicted molar refractivity (Wildman–Crippen MR) is 133 cm³/mol. The normalized spacial score (nSPS) is 44.2. The third-order valence-electron chi connectivity index (χ3n) is 11.0. The first-order chi connectivity index (χ1) is 14.5. The van der Waals surface area contributed by atoms with Crippen LogP contribution in [0.4, 0.5) is 0 Å². The Morgan fingerprint density at radius 2 is 1.87 bits per heavy atom. The molecule has 0 spiro atoms. The Labute approximate surface area is 193 Å². The van der Waals surface area contributed by atoms with Crippen LogP contribution in [0.5, 0.6) is 0 Å². The molecule has 1 N–H and O–H groups in total. The van der Waals surface area contributed by atoms with Crippen molar-refractivity contribution in [3.63, 3.8) is 0 Å². The van der Waals surface area contributed by atoms with E-state index >= 15 is 0 Å². The largest absolute Gasteiger partial charge is 0.393 e. The van der Waals surface area contributed by atoms with E-state index < -0.39 is 0 Å². The van der Waals surface area contributed by atoms with Gasteiger partial charge in [-0.3, -0.25) is 0 Å². The molecular formula is C30H50O. The summed E-state index contributed by atoms with van der Waals surface area (Å²) >= 11 is 0. The number of aliphatic hydroxyl groups excluding tert-OH is 1. The number of aliphatic hydroxyl groups is 1. The maximum atomic E-state index is 10.3. The van der Waals surface area contributed by atoms with Gasteiger partial charge in [-0.25, -0.2) is 0 Å². The fourth-order valence-electron chi connectivity index (χ4n) is 9.15. The van der Waals surface area contributed by atoms with Gasteiger partial charge >= 0.3 is 0 Å². The molecule has 176 valence electrons. The lowest BCUT2D eigenvalue weighted by atomic mass is 9.47. The van der Waals surface area contributed by atoms with Crippen LogP contribution >= 0.6 is 0 Å². The Bertz CT molecular complexity index is 723. The van der Waals surface area contributed by atoms with E-state index in [1.165, 1.54) is 51.4 Å². The average molecular weight is 427 g/mol. The van der Waals surface area contributed by atoms with E-state index in [0.717, 1.165) is 42.4 Å². The van der Waals surface area contributed by atoms with Crippen LogP contribution in [0.1, 0.15) is 113 Å². The van der Waals surface area contributed by atoms with Gasteiger partial charge in [-0.05, 0) is 117 Å². The van der Waals surface area contributed by atoms with Gasteiger partial charge in [0.15, 0.2) is 0 Å². The number of hydrogen-bond donors (Lipinski definition) is 1. The molecule has 4 aliphatic carbocycles. The lowest BCUT2D eigenvalue weighted by molar-refractivity contribution is -0.0571. The lowest BCUT2D eigenvalue weighted by Gasteiger charge is -2.58. The van der Waals surface area contributed by atoms with Crippen LogP contribution in [0, 0.1) is 45.8 Å². The van der Waals surface area contributed by atoms with E-state index in [2.05, 4.69) is 60.6 Å². The minimum atomic E-state index is -0.0865. The Morgan fingerprint density at radius 1 is 1.13 bits per heavy atom. The highest BCUT2D eigenvalue weighted by molar-refractivity contribution is 5.25. The van der Waals surface area contributed by atoms with Crippen LogP contribution in [-0.2, 0) is 0 Å². The molecule has 0 aromatic rings. The van der Waals surface area contributed by atoms with Crippen molar-refractivity contribution in [3.8, 4) is 0 Å². The smallest absolute Gasteiger partial charge is 0.0577 e. The highest BCUT2D eigenvalue weighted by Gasteiger charge is 2.59. The first-order valence-corrected chi connectivity index (χ1v) is 13.5. The van der Waals surface area contributed by atoms with Crippen LogP contribution in [-0.4, -0.2) is 11.2 Å². The first kappa shape index (κ1) is 23.6. The van der Waals surface area contributed by atoms with Crippen LogP contribution in [0.3, 0.4) is 0 Å². The van der Waals surface area contributed by atoms with Gasteiger partial charge in [0.05, 0.1) is 6.10 Å². The molecule has 8 atom stereocenters. The summed E-state index contributed by atoms with van der Waals surface area (Å²) in [5.74, 6) is 4.41. The van der Waals surface area contributed by atoms with Crippen LogP contribution in [0.25, 0.3) is 0 Å². The molecule has 0 amide bonds. The van der Waals surface area contributed by atoms with E-state index in [1.54, 1.807) is 11.1 Å². The Balaban J connectivity index is 1.48. The second kappa shape index (κ2) is 8.34. The van der Waals surface area contributed by atoms with Crippen molar-refractivity contribution >= 4 is 0 Å². The summed E-state index contributed by atoms with van der Waals surface area (Å²) in [7, 11) is 0. The van der Waals surface area contributed by atoms with Gasteiger partial charge in [-0.2, -0.15) is 0 Å². The summed E-state index contributed by atoms with van der Waals surface area (Å²) in [5.41, 5.74) is 4.49. The van der Waals surface area contributed by atoms with Crippen LogP contribution in [0.15, 0.2) is 23.3 Å². The van der Waals surface area contributed by atoms with E-state index in [0.29, 0.717) is 16.2 Å². The molecular weight excluding hydrogens is 376 g/mol. The van der Waals surface area contributed by atoms with Gasteiger partial charge in [-0.15, -0.1) is 0 Å². The minimum Gasteiger partial charge on any atom is -0.393 e. The van der Waals surface area contributed by atoms with Gasteiger partial charge in [-0.1, -0.05) is 64.8 Å². The van der Waals surface area contributed by atoms with Gasteiger partial charge in [0.25, 0.3) is 0 Å². The highest BCUT2D eigenvalue weighted by atomic mass is 16.3. The van der Waals surface area contributed by atoms with Crippen molar-refractivity contribution in [2.24, 2.45) is 45.8 Å². The molecule has 0 saturated heterocycles. The second-order valence-electron chi connectivity index (χ2n) is 13.5. The van der Waals surface area contributed by atoms with Gasteiger partial charge in [0.1, 0.15) is 0 Å². The molecule has 4 aliphatic rings. The van der Waals surface area contributed by atoms with E-state index in [1.807, 2.05) is 0 Å². The summed E-state index contributed by atoms with van der Waals surface area (Å²) in [4.78, 5) is 0. The quantitative estimate of drug-likeness (QED) is 0.448. The molecule has 1 heteroatoms. The molecule has 0 bridgehead atoms. The molecule has 3 fully saturated rings. The van der Waals surface area contributed by atoms with Crippen molar-refractivity contribution in [2.75, 3.05) is 0 Å². The first-order valence-electron chi connectivity index (χ1n) is 13.5. The molecule has 0 aromatic heterocycles. The maximum absolute atomic E-state index is 10.3. The molecule has 3 saturated carbocycles. The zero-order valence-electron chi connectivity index (χ0n) is 21.6. The Kier molecular flexibility index (Phi) is 6.35. The number of allylic oxidation sites excluding steroid dienone is 3. The highest BCUT2D eigenvalue weighted by Crippen LogP contribution is 2.67. The lowest BCUT2D eigenvalue weighted by Crippen LogP contribution is -2.50. The van der Waals surface area contributed by atoms with E-state index in [-0.39, 0.29) is 6.10 Å². The molecule has 4 rings (SSSR count). The number of rotatable bonds is 4. The van der Waals surface area contributed by atoms with Gasteiger partial charge in [0.2, 0.25) is 0 Å². The van der Waals surface area contributed by atoms with E-state index in [4.69, 9.17) is 0 Å². The molecule has 0 radical (unpaired) electrons. The molecule has 0 aromatic carbocycles. The monoisotopic (exact) mass is 426 g/mol. The minimum absolute atomic E-state index is 0.0865. The SMILES string of the molecule is C/C=C(\CC[C@@H](C)[C@H]1CC[C@H]2[C@@H]3CC=C4C[C@@H](O)CC[C@]4(C)[C@H]3CC[C@]12C)C(C)(C)C. The molecule has 0 heterocycles. The number of hydrogen-bond acceptors (Lipinski definition) is 1. The fraction of sp³-hybridized carbons (Fsp3) is 0.867. The van der Waals surface area contributed by atoms with Gasteiger partial charge in [0, 0.05) is 0 Å². The van der Waals surface area contributed by atoms with Crippen LogP contribution in [0.2, 0.25) is 0 Å². The fourth-order valence-corrected chi connectivity index (χ4v) is 9.15. The predicted octanol–water partition coefficient (Wildman–Crippen LogP) is 8.34. The summed E-state index contributed by atoms with van der Waals surface area (Å²) in [6.07, 6.45) is 17.8. The Hall–Kier alpha value is -0.560. The molecule has 1 nitrogen and oxygen atoms in total. The molecule has 0 aliphatic heterocycles. The topological polar surface area (TPSA) is 20.2 Å². The molecule has 0 unspecified atom stereocenters. The summed E-state index contributed by atoms with van der Waals surface area (Å²) in [5, 5.41) is 10.3. The zero-order valence-corrected chi connectivity index (χ0v) is 21.6. The van der Waals surface area contributed by atoms with Crippen LogP contribution < -0.4 is 0 Å². The van der Waals surface area contributed by atoms with Gasteiger partial charge < -0.3 is 5.11 Å². The van der Waals surface area contributed by atoms with E-state index in [9.17, 15) is 5.11 Å². The zero-order chi connectivity index (χ0) is 22.6. The third kappa shape index (κ3) is 4.00. The summed E-state index contributed by atoms with van der Waals surface area (Å²) < 4.78 is 0. The summed E-state index contributed by atoms with van der Waals surface area (Å²) in [6.45, 7) is 17.2. The second-order valence-corrected chi connectivity index (χ2v) is 13.5. The Morgan fingerprint density at radius 3 is 2.55 bits per heavy atom. The molecule has 31 heavy (non-hydrogen) atoms. The van der Waals surface area contributed by atoms with Crippen molar-refractivity contribution < 1.29 is 5.11 Å².